The van der Waals surface area contributed by atoms with Gasteiger partial charge in [0, 0.05) is 38.4 Å². The molecule has 1 amide bonds. The van der Waals surface area contributed by atoms with Crippen molar-refractivity contribution in [3.63, 3.8) is 0 Å². The Balaban J connectivity index is 2.22. The highest BCUT2D eigenvalue weighted by molar-refractivity contribution is 5.75. The molecule has 0 unspecified atom stereocenters. The Morgan fingerprint density at radius 2 is 1.80 bits per heavy atom. The molecule has 0 aliphatic carbocycles. The Morgan fingerprint density at radius 3 is 2.33 bits per heavy atom. The van der Waals surface area contributed by atoms with Crippen molar-refractivity contribution < 1.29 is 4.79 Å². The minimum absolute atomic E-state index is 0.271. The van der Waals surface area contributed by atoms with Crippen LogP contribution in [0.1, 0.15) is 26.7 Å². The van der Waals surface area contributed by atoms with Gasteiger partial charge in [-0.05, 0) is 32.4 Å². The summed E-state index contributed by atoms with van der Waals surface area (Å²) in [6.45, 7) is 6.61. The van der Waals surface area contributed by atoms with Crippen molar-refractivity contribution in [1.82, 2.24) is 9.47 Å². The van der Waals surface area contributed by atoms with Crippen molar-refractivity contribution in [2.75, 3.05) is 13.1 Å². The Kier molecular flexibility index (Phi) is 4.95. The number of aromatic nitrogens is 1. The van der Waals surface area contributed by atoms with Gasteiger partial charge in [0.25, 0.3) is 0 Å². The van der Waals surface area contributed by atoms with Gasteiger partial charge in [-0.2, -0.15) is 0 Å². The molecule has 0 fully saturated rings. The average Bonchev–Trinajstić information content (AvgIpc) is 2.72. The molecule has 1 heterocycles. The number of carbonyl (C=O) groups is 1. The highest BCUT2D eigenvalue weighted by Crippen LogP contribution is 2.01. The molecular formula is C12H20N2O. The van der Waals surface area contributed by atoms with Gasteiger partial charge in [-0.25, -0.2) is 0 Å². The summed E-state index contributed by atoms with van der Waals surface area (Å²) in [7, 11) is 0. The van der Waals surface area contributed by atoms with E-state index in [1.807, 2.05) is 43.3 Å². The molecule has 0 aromatic carbocycles. The second-order valence-corrected chi connectivity index (χ2v) is 3.59. The van der Waals surface area contributed by atoms with E-state index in [1.165, 1.54) is 0 Å². The fraction of sp³-hybridized carbons (Fsp3) is 0.583. The third-order valence-corrected chi connectivity index (χ3v) is 2.59. The van der Waals surface area contributed by atoms with Gasteiger partial charge in [0.1, 0.15) is 0 Å². The van der Waals surface area contributed by atoms with Crippen molar-refractivity contribution >= 4 is 5.91 Å². The van der Waals surface area contributed by atoms with Crippen LogP contribution in [0.3, 0.4) is 0 Å². The zero-order chi connectivity index (χ0) is 11.1. The van der Waals surface area contributed by atoms with E-state index in [9.17, 15) is 4.79 Å². The number of nitrogens with zero attached hydrogens (tertiary/aromatic N) is 2. The molecule has 0 spiro atoms. The van der Waals surface area contributed by atoms with Crippen LogP contribution in [0, 0.1) is 0 Å². The maximum atomic E-state index is 11.7. The minimum Gasteiger partial charge on any atom is -0.354 e. The van der Waals surface area contributed by atoms with Crippen LogP contribution in [0.4, 0.5) is 0 Å². The van der Waals surface area contributed by atoms with Crippen molar-refractivity contribution in [3.8, 4) is 0 Å². The first-order chi connectivity index (χ1) is 7.27. The molecule has 0 saturated carbocycles. The van der Waals surface area contributed by atoms with E-state index in [4.69, 9.17) is 0 Å². The number of aryl methyl sites for hydroxylation is 1. The minimum atomic E-state index is 0.271. The van der Waals surface area contributed by atoms with Gasteiger partial charge in [-0.15, -0.1) is 0 Å². The molecule has 3 heteroatoms. The van der Waals surface area contributed by atoms with Crippen LogP contribution in [0.5, 0.6) is 0 Å². The quantitative estimate of drug-likeness (QED) is 0.703. The van der Waals surface area contributed by atoms with Gasteiger partial charge in [-0.3, -0.25) is 4.79 Å². The smallest absolute Gasteiger partial charge is 0.222 e. The second-order valence-electron chi connectivity index (χ2n) is 3.59. The molecule has 0 bridgehead atoms. The first-order valence-corrected chi connectivity index (χ1v) is 5.66. The predicted octanol–water partition coefficient (Wildman–Crippen LogP) is 2.14. The lowest BCUT2D eigenvalue weighted by Crippen LogP contribution is -2.30. The molecule has 1 rings (SSSR count). The van der Waals surface area contributed by atoms with Gasteiger partial charge >= 0.3 is 0 Å². The van der Waals surface area contributed by atoms with Crippen molar-refractivity contribution in [2.45, 2.75) is 33.2 Å². The monoisotopic (exact) mass is 208 g/mol. The Hall–Kier alpha value is -1.25. The molecule has 1 aromatic heterocycles. The molecule has 0 atom stereocenters. The Labute approximate surface area is 91.7 Å². The maximum absolute atomic E-state index is 11.7. The van der Waals surface area contributed by atoms with E-state index in [0.29, 0.717) is 6.42 Å². The van der Waals surface area contributed by atoms with Gasteiger partial charge in [0.15, 0.2) is 0 Å². The van der Waals surface area contributed by atoms with Crippen LogP contribution in [0.2, 0.25) is 0 Å². The predicted molar refractivity (Wildman–Crippen MR) is 61.6 cm³/mol. The lowest BCUT2D eigenvalue weighted by atomic mass is 10.2. The summed E-state index contributed by atoms with van der Waals surface area (Å²) in [5.41, 5.74) is 0. The summed E-state index contributed by atoms with van der Waals surface area (Å²) in [5, 5.41) is 0. The van der Waals surface area contributed by atoms with Crippen LogP contribution in [-0.4, -0.2) is 28.5 Å². The summed E-state index contributed by atoms with van der Waals surface area (Å²) in [6, 6.07) is 4.01. The summed E-state index contributed by atoms with van der Waals surface area (Å²) in [5.74, 6) is 0.271. The molecule has 0 aliphatic heterocycles. The van der Waals surface area contributed by atoms with E-state index < -0.39 is 0 Å². The zero-order valence-corrected chi connectivity index (χ0v) is 9.65. The third-order valence-electron chi connectivity index (χ3n) is 2.59. The normalized spacial score (nSPS) is 10.3. The number of amides is 1. The number of rotatable bonds is 6. The Bertz CT molecular complexity index is 276. The molecule has 84 valence electrons. The first kappa shape index (κ1) is 11.8. The number of carbonyl (C=O) groups excluding carboxylic acids is 1. The van der Waals surface area contributed by atoms with E-state index in [2.05, 4.69) is 4.57 Å². The SMILES string of the molecule is CCN(CC)C(=O)CCCn1cccc1. The lowest BCUT2D eigenvalue weighted by Gasteiger charge is -2.18. The van der Waals surface area contributed by atoms with Crippen molar-refractivity contribution in [3.05, 3.63) is 24.5 Å². The molecule has 0 saturated heterocycles. The fourth-order valence-corrected chi connectivity index (χ4v) is 1.67. The zero-order valence-electron chi connectivity index (χ0n) is 9.65. The summed E-state index contributed by atoms with van der Waals surface area (Å²) < 4.78 is 2.11. The molecular weight excluding hydrogens is 188 g/mol. The van der Waals surface area contributed by atoms with Crippen LogP contribution in [0.15, 0.2) is 24.5 Å². The summed E-state index contributed by atoms with van der Waals surface area (Å²) in [6.07, 6.45) is 5.63. The van der Waals surface area contributed by atoms with Gasteiger partial charge in [0.2, 0.25) is 5.91 Å². The molecule has 3 nitrogen and oxygen atoms in total. The van der Waals surface area contributed by atoms with Crippen LogP contribution in [-0.2, 0) is 11.3 Å². The molecule has 0 aliphatic rings. The standard InChI is InChI=1S/C12H20N2O/c1-3-14(4-2)12(15)8-7-11-13-9-5-6-10-13/h5-6,9-10H,3-4,7-8,11H2,1-2H3. The van der Waals surface area contributed by atoms with Gasteiger partial charge in [0.05, 0.1) is 0 Å². The van der Waals surface area contributed by atoms with Crippen LogP contribution < -0.4 is 0 Å². The van der Waals surface area contributed by atoms with Crippen molar-refractivity contribution in [1.29, 1.82) is 0 Å². The van der Waals surface area contributed by atoms with Crippen molar-refractivity contribution in [2.24, 2.45) is 0 Å². The molecule has 0 radical (unpaired) electrons. The van der Waals surface area contributed by atoms with E-state index in [1.54, 1.807) is 0 Å². The summed E-state index contributed by atoms with van der Waals surface area (Å²) in [4.78, 5) is 13.5. The van der Waals surface area contributed by atoms with E-state index in [0.717, 1.165) is 26.1 Å². The Morgan fingerprint density at radius 1 is 1.20 bits per heavy atom. The average molecular weight is 208 g/mol. The summed E-state index contributed by atoms with van der Waals surface area (Å²) >= 11 is 0. The van der Waals surface area contributed by atoms with Gasteiger partial charge < -0.3 is 9.47 Å². The lowest BCUT2D eigenvalue weighted by molar-refractivity contribution is -0.130. The van der Waals surface area contributed by atoms with Gasteiger partial charge in [-0.1, -0.05) is 0 Å². The second kappa shape index (κ2) is 6.27. The van der Waals surface area contributed by atoms with Crippen LogP contribution in [0.25, 0.3) is 0 Å². The van der Waals surface area contributed by atoms with Crippen LogP contribution >= 0.6 is 0 Å². The maximum Gasteiger partial charge on any atom is 0.222 e. The van der Waals surface area contributed by atoms with E-state index >= 15 is 0 Å². The largest absolute Gasteiger partial charge is 0.354 e. The number of hydrogen-bond donors (Lipinski definition) is 0. The highest BCUT2D eigenvalue weighted by Gasteiger charge is 2.08. The first-order valence-electron chi connectivity index (χ1n) is 5.66. The third kappa shape index (κ3) is 3.78. The molecule has 15 heavy (non-hydrogen) atoms. The highest BCUT2D eigenvalue weighted by atomic mass is 16.2. The molecule has 0 N–H and O–H groups in total. The molecule has 1 aromatic rings. The topological polar surface area (TPSA) is 25.2 Å². The number of hydrogen-bond acceptors (Lipinski definition) is 1. The van der Waals surface area contributed by atoms with E-state index in [-0.39, 0.29) is 5.91 Å². The fourth-order valence-electron chi connectivity index (χ4n) is 1.67.